The maximum absolute atomic E-state index is 12.0. The molecule has 0 aliphatic heterocycles. The number of amides is 1. The van der Waals surface area contributed by atoms with Crippen molar-refractivity contribution in [3.05, 3.63) is 35.4 Å². The Kier molecular flexibility index (Phi) is 5.86. The standard InChI is InChI=1S/C15H24N2O/c1-4-12-5-7-13(8-6-12)15(18)17-14(10-16)9-11(2)3/h5-8,11,14H,4,9-10,16H2,1-3H3,(H,17,18). The van der Waals surface area contributed by atoms with E-state index >= 15 is 0 Å². The summed E-state index contributed by atoms with van der Waals surface area (Å²) in [6.45, 7) is 6.84. The van der Waals surface area contributed by atoms with E-state index in [0.717, 1.165) is 12.8 Å². The fraction of sp³-hybridized carbons (Fsp3) is 0.533. The van der Waals surface area contributed by atoms with Crippen LogP contribution >= 0.6 is 0 Å². The van der Waals surface area contributed by atoms with Crippen molar-refractivity contribution >= 4 is 5.91 Å². The number of carbonyl (C=O) groups is 1. The van der Waals surface area contributed by atoms with Gasteiger partial charge >= 0.3 is 0 Å². The predicted molar refractivity (Wildman–Crippen MR) is 75.6 cm³/mol. The Morgan fingerprint density at radius 2 is 1.89 bits per heavy atom. The summed E-state index contributed by atoms with van der Waals surface area (Å²) in [7, 11) is 0. The van der Waals surface area contributed by atoms with E-state index in [4.69, 9.17) is 5.73 Å². The van der Waals surface area contributed by atoms with Crippen LogP contribution in [0.4, 0.5) is 0 Å². The van der Waals surface area contributed by atoms with Crippen molar-refractivity contribution in [3.63, 3.8) is 0 Å². The van der Waals surface area contributed by atoms with Crippen LogP contribution in [-0.4, -0.2) is 18.5 Å². The van der Waals surface area contributed by atoms with Gasteiger partial charge in [0.15, 0.2) is 0 Å². The molecule has 0 radical (unpaired) electrons. The largest absolute Gasteiger partial charge is 0.348 e. The lowest BCUT2D eigenvalue weighted by Gasteiger charge is -2.18. The van der Waals surface area contributed by atoms with Crippen LogP contribution in [0.15, 0.2) is 24.3 Å². The normalized spacial score (nSPS) is 12.5. The maximum atomic E-state index is 12.0. The monoisotopic (exact) mass is 248 g/mol. The Balaban J connectivity index is 2.62. The van der Waals surface area contributed by atoms with Crippen molar-refractivity contribution in [1.82, 2.24) is 5.32 Å². The van der Waals surface area contributed by atoms with E-state index in [2.05, 4.69) is 26.1 Å². The molecule has 100 valence electrons. The summed E-state index contributed by atoms with van der Waals surface area (Å²) in [5, 5.41) is 2.99. The summed E-state index contributed by atoms with van der Waals surface area (Å²) in [5.74, 6) is 0.495. The Morgan fingerprint density at radius 3 is 2.33 bits per heavy atom. The zero-order valence-electron chi connectivity index (χ0n) is 11.6. The molecule has 1 amide bonds. The number of hydrogen-bond acceptors (Lipinski definition) is 2. The van der Waals surface area contributed by atoms with Gasteiger partial charge in [-0.25, -0.2) is 0 Å². The minimum absolute atomic E-state index is 0.0336. The zero-order chi connectivity index (χ0) is 13.5. The lowest BCUT2D eigenvalue weighted by molar-refractivity contribution is 0.0934. The second kappa shape index (κ2) is 7.17. The van der Waals surface area contributed by atoms with Gasteiger partial charge in [-0.05, 0) is 36.5 Å². The van der Waals surface area contributed by atoms with Crippen LogP contribution in [0.1, 0.15) is 43.1 Å². The maximum Gasteiger partial charge on any atom is 0.251 e. The van der Waals surface area contributed by atoms with Crippen LogP contribution < -0.4 is 11.1 Å². The number of rotatable bonds is 6. The van der Waals surface area contributed by atoms with Crippen LogP contribution in [-0.2, 0) is 6.42 Å². The quantitative estimate of drug-likeness (QED) is 0.812. The summed E-state index contributed by atoms with van der Waals surface area (Å²) in [6, 6.07) is 7.79. The molecule has 0 fully saturated rings. The van der Waals surface area contributed by atoms with Gasteiger partial charge in [-0.3, -0.25) is 4.79 Å². The van der Waals surface area contributed by atoms with Gasteiger partial charge in [0.1, 0.15) is 0 Å². The summed E-state index contributed by atoms with van der Waals surface area (Å²) >= 11 is 0. The molecule has 0 heterocycles. The molecule has 0 aromatic heterocycles. The Morgan fingerprint density at radius 1 is 1.28 bits per heavy atom. The highest BCUT2D eigenvalue weighted by Gasteiger charge is 2.13. The molecule has 3 nitrogen and oxygen atoms in total. The van der Waals surface area contributed by atoms with Crippen LogP contribution in [0.2, 0.25) is 0 Å². The first-order valence-corrected chi connectivity index (χ1v) is 6.66. The van der Waals surface area contributed by atoms with E-state index in [1.54, 1.807) is 0 Å². The number of aryl methyl sites for hydroxylation is 1. The minimum Gasteiger partial charge on any atom is -0.348 e. The Bertz CT molecular complexity index is 371. The molecule has 18 heavy (non-hydrogen) atoms. The molecular formula is C15H24N2O. The molecule has 0 saturated carbocycles. The van der Waals surface area contributed by atoms with E-state index in [0.29, 0.717) is 18.0 Å². The van der Waals surface area contributed by atoms with Crippen molar-refractivity contribution in [3.8, 4) is 0 Å². The van der Waals surface area contributed by atoms with Gasteiger partial charge in [0, 0.05) is 18.2 Å². The average Bonchev–Trinajstić information content (AvgIpc) is 2.37. The van der Waals surface area contributed by atoms with E-state index in [9.17, 15) is 4.79 Å². The van der Waals surface area contributed by atoms with Crippen LogP contribution in [0, 0.1) is 5.92 Å². The fourth-order valence-electron chi connectivity index (χ4n) is 1.94. The topological polar surface area (TPSA) is 55.1 Å². The van der Waals surface area contributed by atoms with Crippen molar-refractivity contribution in [1.29, 1.82) is 0 Å². The first-order chi connectivity index (χ1) is 8.56. The highest BCUT2D eigenvalue weighted by atomic mass is 16.1. The molecule has 1 atom stereocenters. The summed E-state index contributed by atoms with van der Waals surface area (Å²) in [5.41, 5.74) is 7.62. The molecule has 3 N–H and O–H groups in total. The molecule has 1 aromatic rings. The smallest absolute Gasteiger partial charge is 0.251 e. The summed E-state index contributed by atoms with van der Waals surface area (Å²) in [4.78, 5) is 12.0. The highest BCUT2D eigenvalue weighted by Crippen LogP contribution is 2.07. The van der Waals surface area contributed by atoms with E-state index < -0.39 is 0 Å². The first-order valence-electron chi connectivity index (χ1n) is 6.66. The van der Waals surface area contributed by atoms with Gasteiger partial charge < -0.3 is 11.1 Å². The molecular weight excluding hydrogens is 224 g/mol. The van der Waals surface area contributed by atoms with Gasteiger partial charge in [-0.15, -0.1) is 0 Å². The molecule has 3 heteroatoms. The lowest BCUT2D eigenvalue weighted by atomic mass is 10.0. The summed E-state index contributed by atoms with van der Waals surface area (Å²) < 4.78 is 0. The molecule has 0 bridgehead atoms. The van der Waals surface area contributed by atoms with E-state index in [-0.39, 0.29) is 11.9 Å². The molecule has 1 unspecified atom stereocenters. The van der Waals surface area contributed by atoms with Gasteiger partial charge in [-0.1, -0.05) is 32.9 Å². The van der Waals surface area contributed by atoms with Crippen molar-refractivity contribution in [2.75, 3.05) is 6.54 Å². The SMILES string of the molecule is CCc1ccc(C(=O)NC(CN)CC(C)C)cc1. The second-order valence-corrected chi connectivity index (χ2v) is 5.09. The van der Waals surface area contributed by atoms with Crippen molar-refractivity contribution in [2.45, 2.75) is 39.7 Å². The molecule has 1 rings (SSSR count). The van der Waals surface area contributed by atoms with Gasteiger partial charge in [0.05, 0.1) is 0 Å². The van der Waals surface area contributed by atoms with Crippen molar-refractivity contribution in [2.24, 2.45) is 11.7 Å². The minimum atomic E-state index is -0.0336. The van der Waals surface area contributed by atoms with Crippen molar-refractivity contribution < 1.29 is 4.79 Å². The van der Waals surface area contributed by atoms with E-state index in [1.165, 1.54) is 5.56 Å². The summed E-state index contributed by atoms with van der Waals surface area (Å²) in [6.07, 6.45) is 1.90. The third-order valence-electron chi connectivity index (χ3n) is 3.00. The van der Waals surface area contributed by atoms with Crippen LogP contribution in [0.3, 0.4) is 0 Å². The molecule has 0 aliphatic rings. The first kappa shape index (κ1) is 14.7. The molecule has 0 saturated heterocycles. The third-order valence-corrected chi connectivity index (χ3v) is 3.00. The van der Waals surface area contributed by atoms with Gasteiger partial charge in [0.25, 0.3) is 5.91 Å². The average molecular weight is 248 g/mol. The number of carbonyl (C=O) groups excluding carboxylic acids is 1. The highest BCUT2D eigenvalue weighted by molar-refractivity contribution is 5.94. The number of benzene rings is 1. The Labute approximate surface area is 110 Å². The fourth-order valence-corrected chi connectivity index (χ4v) is 1.94. The molecule has 0 aliphatic carbocycles. The lowest BCUT2D eigenvalue weighted by Crippen LogP contribution is -2.41. The van der Waals surface area contributed by atoms with Gasteiger partial charge in [0.2, 0.25) is 0 Å². The molecule has 1 aromatic carbocycles. The number of nitrogens with one attached hydrogen (secondary N) is 1. The number of hydrogen-bond donors (Lipinski definition) is 2. The van der Waals surface area contributed by atoms with Crippen LogP contribution in [0.5, 0.6) is 0 Å². The predicted octanol–water partition coefficient (Wildman–Crippen LogP) is 2.35. The van der Waals surface area contributed by atoms with E-state index in [1.807, 2.05) is 24.3 Å². The Hall–Kier alpha value is -1.35. The van der Waals surface area contributed by atoms with Crippen LogP contribution in [0.25, 0.3) is 0 Å². The third kappa shape index (κ3) is 4.49. The molecule has 0 spiro atoms. The van der Waals surface area contributed by atoms with Gasteiger partial charge in [-0.2, -0.15) is 0 Å². The second-order valence-electron chi connectivity index (χ2n) is 5.09. The zero-order valence-corrected chi connectivity index (χ0v) is 11.6. The number of nitrogens with two attached hydrogens (primary N) is 1.